The van der Waals surface area contributed by atoms with E-state index in [1.807, 2.05) is 0 Å². The lowest BCUT2D eigenvalue weighted by Crippen LogP contribution is -2.68. The van der Waals surface area contributed by atoms with Gasteiger partial charge in [0.2, 0.25) is 0 Å². The summed E-state index contributed by atoms with van der Waals surface area (Å²) in [4.78, 5) is 0. The van der Waals surface area contributed by atoms with Crippen molar-refractivity contribution in [3.63, 3.8) is 0 Å². The van der Waals surface area contributed by atoms with Crippen LogP contribution in [0.1, 0.15) is 52.4 Å². The number of aliphatic hydroxyl groups excluding tert-OH is 7. The highest BCUT2D eigenvalue weighted by Gasteiger charge is 2.51. The molecule has 10 unspecified atom stereocenters. The second-order valence-electron chi connectivity index (χ2n) is 12.8. The highest BCUT2D eigenvalue weighted by Crippen LogP contribution is 2.34. The van der Waals surface area contributed by atoms with Crippen LogP contribution in [0.3, 0.4) is 0 Å². The molecule has 3 fully saturated rings. The van der Waals surface area contributed by atoms with Crippen molar-refractivity contribution in [2.75, 3.05) is 19.9 Å². The molecule has 1 aliphatic carbocycles. The van der Waals surface area contributed by atoms with E-state index in [0.29, 0.717) is 32.1 Å². The van der Waals surface area contributed by atoms with Crippen LogP contribution in [0.25, 0.3) is 0 Å². The largest absolute Gasteiger partial charge is 0.394 e. The minimum Gasteiger partial charge on any atom is -0.394 e. The maximum atomic E-state index is 12.6. The first-order chi connectivity index (χ1) is 21.1. The molecule has 0 amide bonds. The molecule has 3 rings (SSSR count). The van der Waals surface area contributed by atoms with Crippen LogP contribution in [0.4, 0.5) is 4.39 Å². The molecule has 0 radical (unpaired) electrons. The first kappa shape index (κ1) is 38.3. The van der Waals surface area contributed by atoms with Crippen molar-refractivity contribution in [1.82, 2.24) is 5.32 Å². The van der Waals surface area contributed by atoms with E-state index in [9.17, 15) is 40.1 Å². The number of ether oxygens (including phenoxy) is 4. The normalized spacial score (nSPS) is 42.0. The molecule has 0 spiro atoms. The van der Waals surface area contributed by atoms with E-state index in [4.69, 9.17) is 40.9 Å². The molecule has 45 heavy (non-hydrogen) atoms. The Morgan fingerprint density at radius 3 is 2.33 bits per heavy atom. The summed E-state index contributed by atoms with van der Waals surface area (Å²) in [5.41, 5.74) is 11.3. The van der Waals surface area contributed by atoms with E-state index < -0.39 is 110 Å². The Balaban J connectivity index is 1.80. The average Bonchev–Trinajstić information content (AvgIpc) is 3.00. The van der Waals surface area contributed by atoms with E-state index in [-0.39, 0.29) is 19.1 Å². The summed E-state index contributed by atoms with van der Waals surface area (Å²) in [5, 5.41) is 93.5. The lowest BCUT2D eigenvalue weighted by Gasteiger charge is -2.49. The van der Waals surface area contributed by atoms with Crippen LogP contribution in [-0.4, -0.2) is 158 Å². The number of alkyl halides is 1. The Morgan fingerprint density at radius 1 is 1.02 bits per heavy atom. The molecule has 2 saturated heterocycles. The van der Waals surface area contributed by atoms with Gasteiger partial charge in [-0.1, -0.05) is 6.92 Å². The summed E-state index contributed by atoms with van der Waals surface area (Å²) in [5.74, 6) is -1.42. The predicted molar refractivity (Wildman–Crippen MR) is 155 cm³/mol. The molecule has 16 atom stereocenters. The maximum absolute atomic E-state index is 12.6. The third-order valence-electron chi connectivity index (χ3n) is 9.21. The van der Waals surface area contributed by atoms with Crippen LogP contribution in [0.5, 0.6) is 0 Å². The third-order valence-corrected chi connectivity index (χ3v) is 9.21. The number of hydrogen-bond acceptors (Lipinski definition) is 15. The summed E-state index contributed by atoms with van der Waals surface area (Å²) in [6.07, 6.45) is -12.9. The quantitative estimate of drug-likeness (QED) is 0.0487. The molecular weight excluding hydrogens is 603 g/mol. The summed E-state index contributed by atoms with van der Waals surface area (Å²) in [6, 6.07) is -2.50. The fourth-order valence-corrected chi connectivity index (χ4v) is 5.91. The number of unbranched alkanes of at least 4 members (excludes halogenated alkanes) is 1. The number of amidine groups is 1. The van der Waals surface area contributed by atoms with Crippen LogP contribution in [-0.2, 0) is 18.9 Å². The highest BCUT2D eigenvalue weighted by atomic mass is 19.1. The topological polar surface area (TPSA) is 287 Å². The maximum Gasteiger partial charge on any atom is 0.184 e. The van der Waals surface area contributed by atoms with Gasteiger partial charge in [0, 0.05) is 12.0 Å². The van der Waals surface area contributed by atoms with Gasteiger partial charge in [-0.25, -0.2) is 0 Å². The Bertz CT molecular complexity index is 927. The number of nitrogens with two attached hydrogens (primary N) is 2. The Kier molecular flexibility index (Phi) is 14.3. The third kappa shape index (κ3) is 9.48. The van der Waals surface area contributed by atoms with Gasteiger partial charge in [0.05, 0.1) is 43.7 Å². The van der Waals surface area contributed by atoms with Crippen LogP contribution in [0.15, 0.2) is 0 Å². The minimum absolute atomic E-state index is 0.0443. The van der Waals surface area contributed by atoms with E-state index in [0.717, 1.165) is 0 Å². The van der Waals surface area contributed by atoms with Crippen molar-refractivity contribution in [1.29, 1.82) is 5.41 Å². The monoisotopic (exact) mass is 656 g/mol. The van der Waals surface area contributed by atoms with Gasteiger partial charge >= 0.3 is 0 Å². The van der Waals surface area contributed by atoms with Crippen molar-refractivity contribution < 1.29 is 64.2 Å². The standard InChI is InChI=1S/C28H53FN4O12/c1-12-18(36)27(42-11-28(12,2)41)45-24-16(33-25(32)21(39)20(38)19(37)17(35)10-34)9-15(31)23(22(24)40)44-26-14(30)7-6-13(43-26)5-3-4-8-29/h12-24,26-27,34-41H,3-11,30-31H2,1-2H3,(H2,32,33)/t12-,13-,14?,15+,16-,17?,18?,19?,20?,21?,22?,23?,24?,26-,27-,28?/m1/s1. The molecular formula is C28H53FN4O12. The van der Waals surface area contributed by atoms with E-state index in [1.165, 1.54) is 6.92 Å². The van der Waals surface area contributed by atoms with Gasteiger partial charge < -0.3 is 76.6 Å². The zero-order chi connectivity index (χ0) is 33.6. The Hall–Kier alpha value is -1.16. The van der Waals surface area contributed by atoms with Gasteiger partial charge in [0.15, 0.2) is 12.6 Å². The number of halogens is 1. The molecule has 14 N–H and O–H groups in total. The van der Waals surface area contributed by atoms with Crippen molar-refractivity contribution in [2.24, 2.45) is 17.4 Å². The second kappa shape index (κ2) is 16.8. The number of aliphatic hydroxyl groups is 8. The molecule has 2 heterocycles. The van der Waals surface area contributed by atoms with E-state index in [1.54, 1.807) is 6.92 Å². The van der Waals surface area contributed by atoms with Crippen LogP contribution in [0, 0.1) is 11.3 Å². The molecule has 0 bridgehead atoms. The van der Waals surface area contributed by atoms with E-state index >= 15 is 0 Å². The van der Waals surface area contributed by atoms with Crippen LogP contribution < -0.4 is 16.8 Å². The Labute approximate surface area is 261 Å². The molecule has 0 aromatic heterocycles. The van der Waals surface area contributed by atoms with Gasteiger partial charge in [-0.15, -0.1) is 0 Å². The average molecular weight is 657 g/mol. The SMILES string of the molecule is C[C@@H]1C(O)[C@@H](OC2C(O)C(O[C@H]3O[C@H](CCCCF)CCC3N)[C@@H](N)C[C@H]2NC(=N)C(O)C(O)C(O)C(O)CO)OCC1(C)O. The summed E-state index contributed by atoms with van der Waals surface area (Å²) >= 11 is 0. The minimum atomic E-state index is -2.07. The molecule has 1 saturated carbocycles. The van der Waals surface area contributed by atoms with Crippen molar-refractivity contribution in [3.8, 4) is 0 Å². The van der Waals surface area contributed by atoms with Gasteiger partial charge in [-0.2, -0.15) is 0 Å². The van der Waals surface area contributed by atoms with Crippen molar-refractivity contribution in [3.05, 3.63) is 0 Å². The molecule has 2 aliphatic heterocycles. The summed E-state index contributed by atoms with van der Waals surface area (Å²) < 4.78 is 36.4. The summed E-state index contributed by atoms with van der Waals surface area (Å²) in [6.45, 7) is 1.56. The van der Waals surface area contributed by atoms with Crippen LogP contribution in [0.2, 0.25) is 0 Å². The van der Waals surface area contributed by atoms with Gasteiger partial charge in [0.1, 0.15) is 54.7 Å². The zero-order valence-corrected chi connectivity index (χ0v) is 25.8. The zero-order valence-electron chi connectivity index (χ0n) is 25.8. The highest BCUT2D eigenvalue weighted by molar-refractivity contribution is 5.84. The lowest BCUT2D eigenvalue weighted by atomic mass is 9.82. The Morgan fingerprint density at radius 2 is 1.69 bits per heavy atom. The van der Waals surface area contributed by atoms with Gasteiger partial charge in [0.25, 0.3) is 0 Å². The first-order valence-corrected chi connectivity index (χ1v) is 15.5. The molecule has 264 valence electrons. The van der Waals surface area contributed by atoms with Crippen molar-refractivity contribution >= 4 is 5.84 Å². The second-order valence-corrected chi connectivity index (χ2v) is 12.8. The smallest absolute Gasteiger partial charge is 0.184 e. The molecule has 3 aliphatic rings. The van der Waals surface area contributed by atoms with Crippen LogP contribution >= 0.6 is 0 Å². The van der Waals surface area contributed by atoms with Crippen molar-refractivity contribution in [2.45, 2.75) is 144 Å². The molecule has 17 heteroatoms. The lowest BCUT2D eigenvalue weighted by molar-refractivity contribution is -0.313. The first-order valence-electron chi connectivity index (χ1n) is 15.5. The number of hydrogen-bond donors (Lipinski definition) is 12. The molecule has 0 aromatic rings. The predicted octanol–water partition coefficient (Wildman–Crippen LogP) is -3.70. The number of rotatable bonds is 14. The molecule has 0 aromatic carbocycles. The van der Waals surface area contributed by atoms with Gasteiger partial charge in [-0.3, -0.25) is 9.80 Å². The van der Waals surface area contributed by atoms with E-state index in [2.05, 4.69) is 5.32 Å². The fourth-order valence-electron chi connectivity index (χ4n) is 5.91. The summed E-state index contributed by atoms with van der Waals surface area (Å²) in [7, 11) is 0. The van der Waals surface area contributed by atoms with Gasteiger partial charge in [-0.05, 0) is 45.4 Å². The fraction of sp³-hybridized carbons (Fsp3) is 0.964. The molecule has 16 nitrogen and oxygen atoms in total. The number of nitrogens with one attached hydrogen (secondary N) is 2.